The third-order valence-corrected chi connectivity index (χ3v) is 6.42. The van der Waals surface area contributed by atoms with E-state index in [2.05, 4.69) is 15.6 Å². The van der Waals surface area contributed by atoms with Crippen LogP contribution in [0.15, 0.2) is 36.5 Å². The van der Waals surface area contributed by atoms with Crippen molar-refractivity contribution in [2.24, 2.45) is 11.7 Å². The van der Waals surface area contributed by atoms with Crippen LogP contribution < -0.4 is 10.5 Å². The normalized spacial score (nSPS) is 16.8. The Morgan fingerprint density at radius 3 is 2.39 bits per heavy atom. The quantitative estimate of drug-likeness (QED) is 0.577. The Labute approximate surface area is 211 Å². The molecule has 0 unspecified atom stereocenters. The van der Waals surface area contributed by atoms with Gasteiger partial charge in [0.1, 0.15) is 17.2 Å². The maximum absolute atomic E-state index is 14.6. The Morgan fingerprint density at radius 1 is 1.17 bits per heavy atom. The lowest BCUT2D eigenvalue weighted by atomic mass is 9.97. The molecule has 2 aliphatic rings. The highest BCUT2D eigenvalue weighted by atomic mass is 19.1. The number of ether oxygens (including phenoxy) is 1. The van der Waals surface area contributed by atoms with E-state index in [1.54, 1.807) is 43.1 Å². The van der Waals surface area contributed by atoms with Gasteiger partial charge in [0.05, 0.1) is 24.1 Å². The first-order valence-corrected chi connectivity index (χ1v) is 12.4. The molecule has 1 aromatic heterocycles. The molecule has 9 heteroatoms. The van der Waals surface area contributed by atoms with Crippen LogP contribution in [-0.4, -0.2) is 72.1 Å². The summed E-state index contributed by atoms with van der Waals surface area (Å²) in [6.07, 6.45) is 5.82. The number of likely N-dealkylation sites (tertiary alicyclic amines) is 2. The lowest BCUT2D eigenvalue weighted by molar-refractivity contribution is -0.106. The topological polar surface area (TPSA) is 88.8 Å². The number of nitrogens with zero attached hydrogens (tertiary/aromatic N) is 3. The summed E-state index contributed by atoms with van der Waals surface area (Å²) in [4.78, 5) is 29.4. The minimum atomic E-state index is -1.16. The van der Waals surface area contributed by atoms with Crippen molar-refractivity contribution in [3.8, 4) is 17.0 Å². The molecule has 0 atom stereocenters. The number of halogens is 2. The number of hydrogen-bond acceptors (Lipinski definition) is 5. The van der Waals surface area contributed by atoms with Gasteiger partial charge >= 0.3 is 0 Å². The summed E-state index contributed by atoms with van der Waals surface area (Å²) < 4.78 is 34.4. The number of nitrogens with two attached hydrogens (primary N) is 1. The number of alkyl halides is 1. The van der Waals surface area contributed by atoms with Crippen molar-refractivity contribution in [3.63, 3.8) is 0 Å². The van der Waals surface area contributed by atoms with Crippen LogP contribution >= 0.6 is 0 Å². The summed E-state index contributed by atoms with van der Waals surface area (Å²) in [7, 11) is 0. The van der Waals surface area contributed by atoms with Crippen LogP contribution in [0.3, 0.4) is 0 Å². The smallest absolute Gasteiger partial charge is 0.256 e. The molecule has 7 nitrogen and oxygen atoms in total. The predicted molar refractivity (Wildman–Crippen MR) is 135 cm³/mol. The van der Waals surface area contributed by atoms with Gasteiger partial charge in [-0.2, -0.15) is 0 Å². The van der Waals surface area contributed by atoms with Gasteiger partial charge in [-0.1, -0.05) is 6.07 Å². The minimum absolute atomic E-state index is 0.113. The highest BCUT2D eigenvalue weighted by molar-refractivity contribution is 5.95. The lowest BCUT2D eigenvalue weighted by Crippen LogP contribution is -2.41. The van der Waals surface area contributed by atoms with Gasteiger partial charge in [0.15, 0.2) is 0 Å². The van der Waals surface area contributed by atoms with E-state index in [4.69, 9.17) is 9.53 Å². The fourth-order valence-electron chi connectivity index (χ4n) is 4.63. The molecule has 4 rings (SSSR count). The van der Waals surface area contributed by atoms with E-state index in [-0.39, 0.29) is 17.9 Å². The summed E-state index contributed by atoms with van der Waals surface area (Å²) in [6, 6.07) is 8.30. The summed E-state index contributed by atoms with van der Waals surface area (Å²) >= 11 is 0. The van der Waals surface area contributed by atoms with E-state index < -0.39 is 11.5 Å². The maximum atomic E-state index is 14.6. The zero-order valence-electron chi connectivity index (χ0n) is 21.1. The van der Waals surface area contributed by atoms with Gasteiger partial charge in [-0.25, -0.2) is 8.78 Å². The number of primary amides is 1. The summed E-state index contributed by atoms with van der Waals surface area (Å²) in [6.45, 7) is 7.48. The first kappa shape index (κ1) is 27.5. The second-order valence-corrected chi connectivity index (χ2v) is 9.96. The number of piperidine rings is 1. The van der Waals surface area contributed by atoms with E-state index in [0.717, 1.165) is 38.8 Å². The van der Waals surface area contributed by atoms with E-state index in [0.29, 0.717) is 49.2 Å². The van der Waals surface area contributed by atoms with Crippen LogP contribution in [0.5, 0.6) is 5.75 Å². The number of benzene rings is 1. The van der Waals surface area contributed by atoms with E-state index in [9.17, 15) is 13.6 Å². The molecule has 0 bridgehead atoms. The molecular formula is C27H36F2N4O3. The fourth-order valence-corrected chi connectivity index (χ4v) is 4.63. The summed E-state index contributed by atoms with van der Waals surface area (Å²) in [5.41, 5.74) is 4.37. The second kappa shape index (κ2) is 12.8. The van der Waals surface area contributed by atoms with Gasteiger partial charge in [0, 0.05) is 25.2 Å². The number of aromatic nitrogens is 1. The lowest BCUT2D eigenvalue weighted by Gasteiger charge is -2.34. The van der Waals surface area contributed by atoms with Crippen molar-refractivity contribution >= 4 is 12.3 Å². The van der Waals surface area contributed by atoms with Crippen molar-refractivity contribution < 1.29 is 23.1 Å². The molecule has 2 aliphatic heterocycles. The molecule has 36 heavy (non-hydrogen) atoms. The number of carbonyl (C=O) groups is 2. The van der Waals surface area contributed by atoms with Crippen LogP contribution in [0, 0.1) is 11.7 Å². The number of pyridine rings is 1. The second-order valence-electron chi connectivity index (χ2n) is 9.96. The molecule has 2 saturated heterocycles. The van der Waals surface area contributed by atoms with Gasteiger partial charge in [-0.05, 0) is 82.8 Å². The zero-order valence-corrected chi connectivity index (χ0v) is 21.1. The van der Waals surface area contributed by atoms with Crippen molar-refractivity contribution in [1.82, 2.24) is 14.8 Å². The Hall–Kier alpha value is -3.07. The van der Waals surface area contributed by atoms with Crippen molar-refractivity contribution in [3.05, 3.63) is 47.9 Å². The molecule has 0 spiro atoms. The molecule has 2 aromatic rings. The molecule has 196 valence electrons. The number of rotatable bonds is 7. The fraction of sp³-hybridized carbons (Fsp3) is 0.519. The van der Waals surface area contributed by atoms with Gasteiger partial charge in [0.25, 0.3) is 5.91 Å². The standard InChI is InChI=1S/C26H33F2N3O2.CH3NO/c1-26(2,28)18-30-13-9-19(10-14-30)17-33-21-6-8-24(29-16-21)20-5-7-22(23(27)15-20)25(32)31-11-3-4-12-31;2-1-3/h5-8,15-16,19H,3-4,9-14,17-18H2,1-2H3;1H,(H2,2,3). The molecule has 1 aromatic carbocycles. The molecule has 0 radical (unpaired) electrons. The Bertz CT molecular complexity index is 997. The monoisotopic (exact) mass is 502 g/mol. The van der Waals surface area contributed by atoms with Crippen molar-refractivity contribution in [2.75, 3.05) is 39.3 Å². The van der Waals surface area contributed by atoms with Gasteiger partial charge < -0.3 is 20.3 Å². The average Bonchev–Trinajstić information content (AvgIpc) is 3.38. The highest BCUT2D eigenvalue weighted by Gasteiger charge is 2.26. The van der Waals surface area contributed by atoms with Crippen molar-refractivity contribution in [2.45, 2.75) is 45.2 Å². The maximum Gasteiger partial charge on any atom is 0.256 e. The minimum Gasteiger partial charge on any atom is -0.492 e. The molecular weight excluding hydrogens is 466 g/mol. The summed E-state index contributed by atoms with van der Waals surface area (Å²) in [5.74, 6) is 0.354. The Kier molecular flexibility index (Phi) is 9.75. The molecule has 3 heterocycles. The van der Waals surface area contributed by atoms with Gasteiger partial charge in [-0.15, -0.1) is 0 Å². The third kappa shape index (κ3) is 7.98. The molecule has 0 aliphatic carbocycles. The average molecular weight is 503 g/mol. The SMILES string of the molecule is CC(C)(F)CN1CCC(COc2ccc(-c3ccc(C(=O)N4CCCC4)c(F)c3)nc2)CC1.NC=O. The Balaban J connectivity index is 0.00000115. The Morgan fingerprint density at radius 2 is 1.83 bits per heavy atom. The van der Waals surface area contributed by atoms with Crippen LogP contribution in [0.1, 0.15) is 49.9 Å². The third-order valence-electron chi connectivity index (χ3n) is 6.42. The first-order chi connectivity index (χ1) is 17.2. The first-order valence-electron chi connectivity index (χ1n) is 12.4. The van der Waals surface area contributed by atoms with E-state index in [1.165, 1.54) is 6.07 Å². The highest BCUT2D eigenvalue weighted by Crippen LogP contribution is 2.25. The van der Waals surface area contributed by atoms with Crippen LogP contribution in [0.2, 0.25) is 0 Å². The number of carbonyl (C=O) groups excluding carboxylic acids is 2. The predicted octanol–water partition coefficient (Wildman–Crippen LogP) is 4.06. The van der Waals surface area contributed by atoms with Gasteiger partial charge in [-0.3, -0.25) is 14.6 Å². The molecule has 2 amide bonds. The molecule has 2 fully saturated rings. The number of hydrogen-bond donors (Lipinski definition) is 1. The zero-order chi connectivity index (χ0) is 26.1. The van der Waals surface area contributed by atoms with Gasteiger partial charge in [0.2, 0.25) is 6.41 Å². The number of amides is 2. The molecule has 0 saturated carbocycles. The van der Waals surface area contributed by atoms with Crippen LogP contribution in [0.25, 0.3) is 11.3 Å². The van der Waals surface area contributed by atoms with Crippen LogP contribution in [-0.2, 0) is 4.79 Å². The van der Waals surface area contributed by atoms with Crippen molar-refractivity contribution in [1.29, 1.82) is 0 Å². The van der Waals surface area contributed by atoms with E-state index >= 15 is 0 Å². The molecule has 2 N–H and O–H groups in total. The summed E-state index contributed by atoms with van der Waals surface area (Å²) in [5, 5.41) is 0. The largest absolute Gasteiger partial charge is 0.492 e. The van der Waals surface area contributed by atoms with E-state index in [1.807, 2.05) is 6.07 Å². The van der Waals surface area contributed by atoms with Crippen LogP contribution in [0.4, 0.5) is 8.78 Å².